The molecular formula is C10H9N3O. The van der Waals surface area contributed by atoms with E-state index in [2.05, 4.69) is 10.1 Å². The van der Waals surface area contributed by atoms with Gasteiger partial charge >= 0.3 is 0 Å². The third-order valence-corrected chi connectivity index (χ3v) is 2.16. The summed E-state index contributed by atoms with van der Waals surface area (Å²) >= 11 is 0. The summed E-state index contributed by atoms with van der Waals surface area (Å²) in [5.74, 6) is 0. The van der Waals surface area contributed by atoms with Crippen molar-refractivity contribution in [3.05, 3.63) is 30.0 Å². The second-order valence-corrected chi connectivity index (χ2v) is 3.03. The molecule has 70 valence electrons. The van der Waals surface area contributed by atoms with Crippen LogP contribution in [-0.4, -0.2) is 15.9 Å². The van der Waals surface area contributed by atoms with Gasteiger partial charge in [0, 0.05) is 18.0 Å². The van der Waals surface area contributed by atoms with E-state index in [-0.39, 0.29) is 0 Å². The SMILES string of the molecule is Cn1ncc2cccc(CN=C=O)c21. The molecule has 0 bridgehead atoms. The smallest absolute Gasteiger partial charge is 0.235 e. The van der Waals surface area contributed by atoms with Crippen LogP contribution in [0.25, 0.3) is 10.9 Å². The highest BCUT2D eigenvalue weighted by Gasteiger charge is 2.03. The molecule has 1 heterocycles. The van der Waals surface area contributed by atoms with Crippen LogP contribution in [0.4, 0.5) is 0 Å². The number of aromatic nitrogens is 2. The molecule has 0 unspecified atom stereocenters. The normalized spacial score (nSPS) is 10.1. The lowest BCUT2D eigenvalue weighted by atomic mass is 10.1. The van der Waals surface area contributed by atoms with Crippen molar-refractivity contribution >= 4 is 17.0 Å². The molecule has 2 aromatic rings. The largest absolute Gasteiger partial charge is 0.268 e. The van der Waals surface area contributed by atoms with Gasteiger partial charge in [0.05, 0.1) is 18.3 Å². The molecule has 1 aromatic heterocycles. The quantitative estimate of drug-likeness (QED) is 0.527. The number of aliphatic imine (C=N–C) groups is 1. The van der Waals surface area contributed by atoms with Crippen molar-refractivity contribution in [2.24, 2.45) is 12.0 Å². The van der Waals surface area contributed by atoms with Gasteiger partial charge in [-0.25, -0.2) is 9.79 Å². The predicted molar refractivity (Wildman–Crippen MR) is 52.5 cm³/mol. The Morgan fingerprint density at radius 1 is 1.57 bits per heavy atom. The average Bonchev–Trinajstić information content (AvgIpc) is 2.58. The van der Waals surface area contributed by atoms with Gasteiger partial charge in [-0.2, -0.15) is 5.10 Å². The van der Waals surface area contributed by atoms with E-state index in [1.54, 1.807) is 10.9 Å². The maximum atomic E-state index is 10.0. The van der Waals surface area contributed by atoms with Gasteiger partial charge in [0.2, 0.25) is 6.08 Å². The summed E-state index contributed by atoms with van der Waals surface area (Å²) in [5, 5.41) is 5.20. The number of nitrogens with zero attached hydrogens (tertiary/aromatic N) is 3. The molecule has 14 heavy (non-hydrogen) atoms. The first-order valence-corrected chi connectivity index (χ1v) is 4.26. The van der Waals surface area contributed by atoms with E-state index in [1.165, 1.54) is 6.08 Å². The molecule has 0 N–H and O–H groups in total. The first kappa shape index (κ1) is 8.66. The van der Waals surface area contributed by atoms with Crippen molar-refractivity contribution in [3.63, 3.8) is 0 Å². The lowest BCUT2D eigenvalue weighted by Crippen LogP contribution is -1.93. The fraction of sp³-hybridized carbons (Fsp3) is 0.200. The highest BCUT2D eigenvalue weighted by atomic mass is 16.1. The van der Waals surface area contributed by atoms with Gasteiger partial charge < -0.3 is 0 Å². The average molecular weight is 187 g/mol. The van der Waals surface area contributed by atoms with Crippen LogP contribution in [0, 0.1) is 0 Å². The van der Waals surface area contributed by atoms with Crippen LogP contribution >= 0.6 is 0 Å². The Morgan fingerprint density at radius 3 is 3.21 bits per heavy atom. The minimum atomic E-state index is 0.361. The first-order chi connectivity index (χ1) is 6.83. The maximum absolute atomic E-state index is 10.0. The Bertz CT molecular complexity index is 509. The molecule has 0 spiro atoms. The number of isocyanates is 1. The van der Waals surface area contributed by atoms with Crippen molar-refractivity contribution < 1.29 is 4.79 Å². The first-order valence-electron chi connectivity index (χ1n) is 4.26. The number of hydrogen-bond acceptors (Lipinski definition) is 3. The van der Waals surface area contributed by atoms with Gasteiger partial charge in [0.25, 0.3) is 0 Å². The Labute approximate surface area is 80.9 Å². The minimum Gasteiger partial charge on any atom is -0.268 e. The van der Waals surface area contributed by atoms with Gasteiger partial charge in [0.1, 0.15) is 0 Å². The molecule has 0 atom stereocenters. The lowest BCUT2D eigenvalue weighted by Gasteiger charge is -2.00. The predicted octanol–water partition coefficient (Wildman–Crippen LogP) is 1.41. The van der Waals surface area contributed by atoms with E-state index < -0.39 is 0 Å². The molecule has 0 aliphatic carbocycles. The third kappa shape index (κ3) is 1.32. The van der Waals surface area contributed by atoms with Crippen LogP contribution in [0.3, 0.4) is 0 Å². The van der Waals surface area contributed by atoms with Gasteiger partial charge in [0.15, 0.2) is 0 Å². The zero-order valence-electron chi connectivity index (χ0n) is 7.77. The lowest BCUT2D eigenvalue weighted by molar-refractivity contribution is 0.563. The molecule has 0 aliphatic rings. The number of benzene rings is 1. The van der Waals surface area contributed by atoms with Crippen molar-refractivity contribution in [1.82, 2.24) is 9.78 Å². The van der Waals surface area contributed by atoms with Crippen molar-refractivity contribution in [3.8, 4) is 0 Å². The Balaban J connectivity index is 2.62. The number of fused-ring (bicyclic) bond motifs is 1. The van der Waals surface area contributed by atoms with Crippen LogP contribution in [0.2, 0.25) is 0 Å². The third-order valence-electron chi connectivity index (χ3n) is 2.16. The summed E-state index contributed by atoms with van der Waals surface area (Å²) in [4.78, 5) is 13.6. The monoisotopic (exact) mass is 187 g/mol. The molecule has 0 saturated carbocycles. The number of hydrogen-bond donors (Lipinski definition) is 0. The van der Waals surface area contributed by atoms with Crippen molar-refractivity contribution in [2.45, 2.75) is 6.54 Å². The van der Waals surface area contributed by atoms with Crippen molar-refractivity contribution in [1.29, 1.82) is 0 Å². The highest BCUT2D eigenvalue weighted by Crippen LogP contribution is 2.18. The second-order valence-electron chi connectivity index (χ2n) is 3.03. The Morgan fingerprint density at radius 2 is 2.43 bits per heavy atom. The number of para-hydroxylation sites is 1. The van der Waals surface area contributed by atoms with Gasteiger partial charge in [-0.1, -0.05) is 18.2 Å². The number of rotatable bonds is 2. The molecule has 0 aliphatic heterocycles. The fourth-order valence-electron chi connectivity index (χ4n) is 1.56. The molecular weight excluding hydrogens is 178 g/mol. The van der Waals surface area contributed by atoms with Crippen LogP contribution in [0.5, 0.6) is 0 Å². The molecule has 4 heteroatoms. The summed E-state index contributed by atoms with van der Waals surface area (Å²) < 4.78 is 1.78. The Hall–Kier alpha value is -1.93. The molecule has 0 radical (unpaired) electrons. The summed E-state index contributed by atoms with van der Waals surface area (Å²) in [6, 6.07) is 5.85. The summed E-state index contributed by atoms with van der Waals surface area (Å²) in [6.45, 7) is 0.361. The highest BCUT2D eigenvalue weighted by molar-refractivity contribution is 5.81. The number of carbonyl (C=O) groups excluding carboxylic acids is 1. The maximum Gasteiger partial charge on any atom is 0.235 e. The van der Waals surface area contributed by atoms with E-state index in [0.29, 0.717) is 6.54 Å². The van der Waals surface area contributed by atoms with Gasteiger partial charge in [-0.3, -0.25) is 4.68 Å². The zero-order valence-corrected chi connectivity index (χ0v) is 7.77. The summed E-state index contributed by atoms with van der Waals surface area (Å²) in [7, 11) is 1.87. The summed E-state index contributed by atoms with van der Waals surface area (Å²) in [5.41, 5.74) is 2.01. The molecule has 0 saturated heterocycles. The van der Waals surface area contributed by atoms with E-state index >= 15 is 0 Å². The molecule has 0 fully saturated rings. The molecule has 1 aromatic carbocycles. The fourth-order valence-corrected chi connectivity index (χ4v) is 1.56. The molecule has 2 rings (SSSR count). The molecule has 4 nitrogen and oxygen atoms in total. The van der Waals surface area contributed by atoms with Crippen LogP contribution in [0.15, 0.2) is 29.4 Å². The molecule has 0 amide bonds. The standard InChI is InChI=1S/C10H9N3O/c1-13-10-8(5-11-7-14)3-2-4-9(10)6-12-13/h2-4,6H,5H2,1H3. The Kier molecular flexibility index (Phi) is 2.13. The van der Waals surface area contributed by atoms with Crippen LogP contribution < -0.4 is 0 Å². The van der Waals surface area contributed by atoms with Crippen molar-refractivity contribution in [2.75, 3.05) is 0 Å². The minimum absolute atomic E-state index is 0.361. The second kappa shape index (κ2) is 3.44. The van der Waals surface area contributed by atoms with Crippen LogP contribution in [-0.2, 0) is 18.4 Å². The van der Waals surface area contributed by atoms with E-state index in [4.69, 9.17) is 0 Å². The van der Waals surface area contributed by atoms with E-state index in [0.717, 1.165) is 16.5 Å². The van der Waals surface area contributed by atoms with Gasteiger partial charge in [-0.05, 0) is 0 Å². The number of aryl methyl sites for hydroxylation is 1. The summed E-state index contributed by atoms with van der Waals surface area (Å²) in [6.07, 6.45) is 3.33. The van der Waals surface area contributed by atoms with Gasteiger partial charge in [-0.15, -0.1) is 0 Å². The zero-order chi connectivity index (χ0) is 9.97. The van der Waals surface area contributed by atoms with E-state index in [9.17, 15) is 4.79 Å². The van der Waals surface area contributed by atoms with E-state index in [1.807, 2.05) is 25.2 Å². The van der Waals surface area contributed by atoms with Crippen LogP contribution in [0.1, 0.15) is 5.56 Å². The topological polar surface area (TPSA) is 47.2 Å².